The molecule has 2 aromatic carbocycles. The Morgan fingerprint density at radius 3 is 2.32 bits per heavy atom. The molecule has 1 heterocycles. The van der Waals surface area contributed by atoms with Crippen LogP contribution in [-0.4, -0.2) is 13.0 Å². The average Bonchev–Trinajstić information content (AvgIpc) is 3.10. The van der Waals surface area contributed by atoms with Crippen LogP contribution in [0.5, 0.6) is 5.75 Å². The van der Waals surface area contributed by atoms with Gasteiger partial charge in [0, 0.05) is 16.8 Å². The van der Waals surface area contributed by atoms with Crippen LogP contribution in [0.25, 0.3) is 11.3 Å². The van der Waals surface area contributed by atoms with Gasteiger partial charge < -0.3 is 14.5 Å². The summed E-state index contributed by atoms with van der Waals surface area (Å²) >= 11 is 0. The molecule has 0 aliphatic heterocycles. The molecule has 0 aliphatic rings. The van der Waals surface area contributed by atoms with Crippen LogP contribution in [0.15, 0.2) is 71.3 Å². The monoisotopic (exact) mass is 293 g/mol. The number of anilines is 1. The predicted molar refractivity (Wildman–Crippen MR) is 85.1 cm³/mol. The average molecular weight is 293 g/mol. The summed E-state index contributed by atoms with van der Waals surface area (Å²) in [6.07, 6.45) is 1.62. The van der Waals surface area contributed by atoms with Gasteiger partial charge >= 0.3 is 0 Å². The predicted octanol–water partition coefficient (Wildman–Crippen LogP) is 4.21. The van der Waals surface area contributed by atoms with Gasteiger partial charge in [-0.25, -0.2) is 0 Å². The van der Waals surface area contributed by atoms with Crippen molar-refractivity contribution in [2.75, 3.05) is 12.4 Å². The van der Waals surface area contributed by atoms with Crippen molar-refractivity contribution in [1.29, 1.82) is 0 Å². The fraction of sp³-hybridized carbons (Fsp3) is 0.0556. The first-order valence-electron chi connectivity index (χ1n) is 6.85. The number of furan rings is 1. The molecule has 0 unspecified atom stereocenters. The van der Waals surface area contributed by atoms with E-state index in [-0.39, 0.29) is 5.91 Å². The van der Waals surface area contributed by atoms with E-state index in [4.69, 9.17) is 9.15 Å². The first-order valence-corrected chi connectivity index (χ1v) is 6.85. The number of ether oxygens (including phenoxy) is 1. The number of hydrogen-bond donors (Lipinski definition) is 1. The van der Waals surface area contributed by atoms with Gasteiger partial charge in [-0.05, 0) is 48.5 Å². The molecule has 22 heavy (non-hydrogen) atoms. The minimum absolute atomic E-state index is 0.156. The topological polar surface area (TPSA) is 51.5 Å². The van der Waals surface area contributed by atoms with Crippen molar-refractivity contribution in [3.05, 3.63) is 72.5 Å². The van der Waals surface area contributed by atoms with E-state index < -0.39 is 0 Å². The second-order valence-corrected chi connectivity index (χ2v) is 4.74. The van der Waals surface area contributed by atoms with Crippen LogP contribution in [0.4, 0.5) is 5.69 Å². The molecule has 0 spiro atoms. The largest absolute Gasteiger partial charge is 0.497 e. The molecule has 0 radical (unpaired) electrons. The minimum Gasteiger partial charge on any atom is -0.497 e. The van der Waals surface area contributed by atoms with E-state index in [0.29, 0.717) is 5.56 Å². The molecule has 1 N–H and O–H groups in total. The molecule has 1 amide bonds. The van der Waals surface area contributed by atoms with Gasteiger partial charge in [-0.1, -0.05) is 12.1 Å². The molecule has 0 fully saturated rings. The van der Waals surface area contributed by atoms with Crippen LogP contribution in [0, 0.1) is 0 Å². The quantitative estimate of drug-likeness (QED) is 0.784. The molecule has 1 aromatic heterocycles. The van der Waals surface area contributed by atoms with Gasteiger partial charge in [0.1, 0.15) is 11.5 Å². The number of carbonyl (C=O) groups is 1. The van der Waals surface area contributed by atoms with E-state index in [2.05, 4.69) is 5.32 Å². The normalized spacial score (nSPS) is 10.2. The summed E-state index contributed by atoms with van der Waals surface area (Å²) in [7, 11) is 1.61. The molecule has 0 bridgehead atoms. The Balaban J connectivity index is 1.71. The molecular formula is C18H15NO3. The van der Waals surface area contributed by atoms with Gasteiger partial charge in [-0.3, -0.25) is 4.79 Å². The van der Waals surface area contributed by atoms with Gasteiger partial charge in [0.2, 0.25) is 0 Å². The van der Waals surface area contributed by atoms with Crippen molar-refractivity contribution in [3.63, 3.8) is 0 Å². The molecule has 4 nitrogen and oxygen atoms in total. The van der Waals surface area contributed by atoms with Gasteiger partial charge in [0.25, 0.3) is 5.91 Å². The summed E-state index contributed by atoms with van der Waals surface area (Å²) in [5, 5.41) is 2.85. The third kappa shape index (κ3) is 3.01. The summed E-state index contributed by atoms with van der Waals surface area (Å²) < 4.78 is 10.4. The fourth-order valence-electron chi connectivity index (χ4n) is 2.11. The smallest absolute Gasteiger partial charge is 0.255 e. The molecule has 4 heteroatoms. The Labute approximate surface area is 128 Å². The zero-order chi connectivity index (χ0) is 15.4. The SMILES string of the molecule is COc1ccc(NC(=O)c2ccc(-c3ccco3)cc2)cc1. The van der Waals surface area contributed by atoms with Crippen molar-refractivity contribution >= 4 is 11.6 Å². The lowest BCUT2D eigenvalue weighted by Crippen LogP contribution is -2.11. The standard InChI is InChI=1S/C18H15NO3/c1-21-16-10-8-15(9-11-16)19-18(20)14-6-4-13(5-7-14)17-3-2-12-22-17/h2-12H,1H3,(H,19,20). The minimum atomic E-state index is -0.156. The summed E-state index contributed by atoms with van der Waals surface area (Å²) in [6, 6.07) is 18.2. The van der Waals surface area contributed by atoms with Crippen LogP contribution >= 0.6 is 0 Å². The molecule has 3 aromatic rings. The lowest BCUT2D eigenvalue weighted by molar-refractivity contribution is 0.102. The summed E-state index contributed by atoms with van der Waals surface area (Å²) in [4.78, 5) is 12.2. The van der Waals surface area contributed by atoms with Crippen molar-refractivity contribution in [2.24, 2.45) is 0 Å². The van der Waals surface area contributed by atoms with Crippen molar-refractivity contribution in [2.45, 2.75) is 0 Å². The maximum Gasteiger partial charge on any atom is 0.255 e. The van der Waals surface area contributed by atoms with Gasteiger partial charge in [-0.2, -0.15) is 0 Å². The zero-order valence-corrected chi connectivity index (χ0v) is 12.1. The van der Waals surface area contributed by atoms with Crippen molar-refractivity contribution in [3.8, 4) is 17.1 Å². The van der Waals surface area contributed by atoms with Crippen LogP contribution in [0.3, 0.4) is 0 Å². The first-order chi connectivity index (χ1) is 10.8. The van der Waals surface area contributed by atoms with E-state index in [9.17, 15) is 4.79 Å². The zero-order valence-electron chi connectivity index (χ0n) is 12.1. The number of nitrogens with one attached hydrogen (secondary N) is 1. The Morgan fingerprint density at radius 1 is 1.00 bits per heavy atom. The van der Waals surface area contributed by atoms with E-state index in [1.165, 1.54) is 0 Å². The highest BCUT2D eigenvalue weighted by Gasteiger charge is 2.07. The maximum atomic E-state index is 12.2. The molecule has 0 aliphatic carbocycles. The van der Waals surface area contributed by atoms with E-state index in [0.717, 1.165) is 22.8 Å². The van der Waals surface area contributed by atoms with Crippen LogP contribution in [0.2, 0.25) is 0 Å². The number of rotatable bonds is 4. The highest BCUT2D eigenvalue weighted by Crippen LogP contribution is 2.21. The van der Waals surface area contributed by atoms with E-state index in [1.54, 1.807) is 49.8 Å². The number of methoxy groups -OCH3 is 1. The summed E-state index contributed by atoms with van der Waals surface area (Å²) in [5.74, 6) is 1.37. The number of amides is 1. The van der Waals surface area contributed by atoms with E-state index in [1.807, 2.05) is 24.3 Å². The third-order valence-electron chi connectivity index (χ3n) is 3.30. The van der Waals surface area contributed by atoms with Gasteiger partial charge in [0.15, 0.2) is 0 Å². The van der Waals surface area contributed by atoms with E-state index >= 15 is 0 Å². The summed E-state index contributed by atoms with van der Waals surface area (Å²) in [5.41, 5.74) is 2.25. The molecule has 0 saturated heterocycles. The highest BCUT2D eigenvalue weighted by atomic mass is 16.5. The fourth-order valence-corrected chi connectivity index (χ4v) is 2.11. The second-order valence-electron chi connectivity index (χ2n) is 4.74. The van der Waals surface area contributed by atoms with Gasteiger partial charge in [0.05, 0.1) is 13.4 Å². The van der Waals surface area contributed by atoms with Crippen molar-refractivity contribution < 1.29 is 13.9 Å². The molecule has 0 saturated carbocycles. The lowest BCUT2D eigenvalue weighted by atomic mass is 10.1. The molecular weight excluding hydrogens is 278 g/mol. The molecule has 110 valence electrons. The van der Waals surface area contributed by atoms with Gasteiger partial charge in [-0.15, -0.1) is 0 Å². The second kappa shape index (κ2) is 6.18. The molecule has 3 rings (SSSR count). The number of benzene rings is 2. The lowest BCUT2D eigenvalue weighted by Gasteiger charge is -2.07. The molecule has 0 atom stereocenters. The Bertz CT molecular complexity index is 744. The third-order valence-corrected chi connectivity index (χ3v) is 3.30. The first kappa shape index (κ1) is 13.9. The number of hydrogen-bond acceptors (Lipinski definition) is 3. The Hall–Kier alpha value is -3.01. The Kier molecular flexibility index (Phi) is 3.92. The number of carbonyl (C=O) groups excluding carboxylic acids is 1. The summed E-state index contributed by atoms with van der Waals surface area (Å²) in [6.45, 7) is 0. The van der Waals surface area contributed by atoms with Crippen LogP contribution in [0.1, 0.15) is 10.4 Å². The maximum absolute atomic E-state index is 12.2. The van der Waals surface area contributed by atoms with Crippen LogP contribution in [-0.2, 0) is 0 Å². The highest BCUT2D eigenvalue weighted by molar-refractivity contribution is 6.04. The van der Waals surface area contributed by atoms with Crippen LogP contribution < -0.4 is 10.1 Å². The van der Waals surface area contributed by atoms with Crippen molar-refractivity contribution in [1.82, 2.24) is 0 Å². The Morgan fingerprint density at radius 2 is 1.73 bits per heavy atom.